The van der Waals surface area contributed by atoms with Gasteiger partial charge in [-0.25, -0.2) is 0 Å². The van der Waals surface area contributed by atoms with Crippen LogP contribution in [-0.2, 0) is 28.8 Å². The second-order valence-corrected chi connectivity index (χ2v) is 11.7. The summed E-state index contributed by atoms with van der Waals surface area (Å²) in [5.74, 6) is -0.690. The monoisotopic (exact) mass is 648 g/mol. The molecular formula is C24H26F6N2O8S2. The molecule has 2 rings (SSSR count). The summed E-state index contributed by atoms with van der Waals surface area (Å²) in [6.07, 6.45) is -9.58. The van der Waals surface area contributed by atoms with Crippen molar-refractivity contribution in [1.82, 2.24) is 0 Å². The van der Waals surface area contributed by atoms with Crippen molar-refractivity contribution in [2.24, 2.45) is 10.3 Å². The minimum atomic E-state index is -5.00. The van der Waals surface area contributed by atoms with Crippen LogP contribution in [0.2, 0.25) is 0 Å². The van der Waals surface area contributed by atoms with E-state index in [-0.39, 0.29) is 37.6 Å². The fourth-order valence-corrected chi connectivity index (χ4v) is 3.98. The standard InChI is InChI=1S/C24H26F6N2O8S2/c1-3-16-42(35,36)40-32-22(24(28,29)30)18-8-12-20(13-9-18)38-15-5-14-37-19-10-6-17(7-11-19)21(23(25,26)27)31-39-41(33,34)4-2/h6-13H,3-5,14-16H2,1-2H3. The zero-order valence-electron chi connectivity index (χ0n) is 22.1. The molecule has 2 aromatic carbocycles. The van der Waals surface area contributed by atoms with Crippen molar-refractivity contribution in [2.45, 2.75) is 39.0 Å². The van der Waals surface area contributed by atoms with Crippen molar-refractivity contribution in [1.29, 1.82) is 0 Å². The van der Waals surface area contributed by atoms with Crippen molar-refractivity contribution in [3.05, 3.63) is 59.7 Å². The molecule has 0 aliphatic carbocycles. The highest BCUT2D eigenvalue weighted by atomic mass is 32.2. The topological polar surface area (TPSA) is 130 Å². The van der Waals surface area contributed by atoms with Gasteiger partial charge in [0.05, 0.1) is 24.7 Å². The van der Waals surface area contributed by atoms with Crippen molar-refractivity contribution in [2.75, 3.05) is 24.7 Å². The van der Waals surface area contributed by atoms with Crippen LogP contribution in [-0.4, -0.2) is 65.3 Å². The molecule has 0 amide bonds. The average Bonchev–Trinajstić information content (AvgIpc) is 2.88. The van der Waals surface area contributed by atoms with Gasteiger partial charge in [-0.1, -0.05) is 17.2 Å². The highest BCUT2D eigenvalue weighted by Crippen LogP contribution is 2.26. The summed E-state index contributed by atoms with van der Waals surface area (Å²) in [7, 11) is -8.51. The van der Waals surface area contributed by atoms with Crippen LogP contribution in [0.3, 0.4) is 0 Å². The van der Waals surface area contributed by atoms with E-state index in [0.29, 0.717) is 0 Å². The fourth-order valence-electron chi connectivity index (χ4n) is 2.92. The number of benzene rings is 2. The third-order valence-corrected chi connectivity index (χ3v) is 7.13. The largest absolute Gasteiger partial charge is 0.493 e. The number of halogens is 6. The summed E-state index contributed by atoms with van der Waals surface area (Å²) >= 11 is 0. The van der Waals surface area contributed by atoms with E-state index in [0.717, 1.165) is 24.3 Å². The summed E-state index contributed by atoms with van der Waals surface area (Å²) in [6, 6.07) is 8.93. The lowest BCUT2D eigenvalue weighted by atomic mass is 10.1. The SMILES string of the molecule is CCCS(=O)(=O)ON=C(c1ccc(OCCCOc2ccc(C(=NOS(=O)(=O)CC)C(F)(F)F)cc2)cc1)C(F)(F)F. The summed E-state index contributed by atoms with van der Waals surface area (Å²) < 4.78 is 145. The van der Waals surface area contributed by atoms with E-state index in [1.165, 1.54) is 38.1 Å². The molecule has 234 valence electrons. The third kappa shape index (κ3) is 11.4. The van der Waals surface area contributed by atoms with Crippen LogP contribution in [0, 0.1) is 0 Å². The molecule has 2 aromatic rings. The van der Waals surface area contributed by atoms with E-state index >= 15 is 0 Å². The lowest BCUT2D eigenvalue weighted by Crippen LogP contribution is -2.25. The van der Waals surface area contributed by atoms with Crippen LogP contribution < -0.4 is 9.47 Å². The van der Waals surface area contributed by atoms with Crippen molar-refractivity contribution in [3.8, 4) is 11.5 Å². The fraction of sp³-hybridized carbons (Fsp3) is 0.417. The Kier molecular flexibility index (Phi) is 12.0. The number of ether oxygens (including phenoxy) is 2. The minimum Gasteiger partial charge on any atom is -0.493 e. The van der Waals surface area contributed by atoms with Gasteiger partial charge in [-0.15, -0.1) is 0 Å². The first-order chi connectivity index (χ1) is 19.5. The van der Waals surface area contributed by atoms with E-state index in [1.54, 1.807) is 0 Å². The Hall–Kier alpha value is -3.54. The normalized spacial score (nSPS) is 13.5. The van der Waals surface area contributed by atoms with Crippen molar-refractivity contribution >= 4 is 31.7 Å². The van der Waals surface area contributed by atoms with Gasteiger partial charge < -0.3 is 9.47 Å². The highest BCUT2D eigenvalue weighted by Gasteiger charge is 2.39. The van der Waals surface area contributed by atoms with Crippen LogP contribution >= 0.6 is 0 Å². The minimum absolute atomic E-state index is 0.0595. The molecule has 10 nitrogen and oxygen atoms in total. The van der Waals surface area contributed by atoms with Gasteiger partial charge in [0.15, 0.2) is 11.4 Å². The second-order valence-electron chi connectivity index (χ2n) is 8.23. The lowest BCUT2D eigenvalue weighted by molar-refractivity contribution is -0.0606. The van der Waals surface area contributed by atoms with E-state index in [1.807, 2.05) is 0 Å². The zero-order valence-corrected chi connectivity index (χ0v) is 23.7. The molecule has 0 aliphatic heterocycles. The Morgan fingerprint density at radius 3 is 1.38 bits per heavy atom. The second kappa shape index (κ2) is 14.6. The summed E-state index contributed by atoms with van der Waals surface area (Å²) in [5.41, 5.74) is -4.00. The summed E-state index contributed by atoms with van der Waals surface area (Å²) in [4.78, 5) is 0. The Morgan fingerprint density at radius 2 is 1.05 bits per heavy atom. The van der Waals surface area contributed by atoms with Gasteiger partial charge in [-0.2, -0.15) is 43.2 Å². The maximum Gasteiger partial charge on any atom is 0.437 e. The molecule has 0 bridgehead atoms. The molecule has 0 aliphatic rings. The van der Waals surface area contributed by atoms with Crippen LogP contribution in [0.25, 0.3) is 0 Å². The Morgan fingerprint density at radius 1 is 0.667 bits per heavy atom. The smallest absolute Gasteiger partial charge is 0.437 e. The van der Waals surface area contributed by atoms with Gasteiger partial charge in [-0.3, -0.25) is 8.57 Å². The lowest BCUT2D eigenvalue weighted by Gasteiger charge is -2.12. The van der Waals surface area contributed by atoms with Crippen LogP contribution in [0.4, 0.5) is 26.3 Å². The third-order valence-electron chi connectivity index (χ3n) is 4.91. The molecule has 0 saturated carbocycles. The van der Waals surface area contributed by atoms with Crippen LogP contribution in [0.5, 0.6) is 11.5 Å². The first-order valence-corrected chi connectivity index (χ1v) is 15.2. The number of hydrogen-bond donors (Lipinski definition) is 0. The molecule has 0 N–H and O–H groups in total. The van der Waals surface area contributed by atoms with Gasteiger partial charge in [0.25, 0.3) is 0 Å². The quantitative estimate of drug-likeness (QED) is 0.112. The molecule has 42 heavy (non-hydrogen) atoms. The Bertz CT molecular complexity index is 1440. The Balaban J connectivity index is 1.93. The maximum atomic E-state index is 13.4. The molecule has 0 fully saturated rings. The summed E-state index contributed by atoms with van der Waals surface area (Å²) in [6.45, 7) is 2.81. The molecule has 0 saturated heterocycles. The number of oxime groups is 2. The molecule has 0 heterocycles. The number of alkyl halides is 6. The molecule has 0 spiro atoms. The molecule has 0 aromatic heterocycles. The number of hydrogen-bond acceptors (Lipinski definition) is 10. The maximum absolute atomic E-state index is 13.4. The van der Waals surface area contributed by atoms with Gasteiger partial charge in [0.2, 0.25) is 0 Å². The zero-order chi connectivity index (χ0) is 31.6. The molecule has 0 radical (unpaired) electrons. The number of nitrogens with zero attached hydrogens (tertiary/aromatic N) is 2. The van der Waals surface area contributed by atoms with Crippen molar-refractivity contribution < 1.29 is 61.2 Å². The van der Waals surface area contributed by atoms with Crippen molar-refractivity contribution in [3.63, 3.8) is 0 Å². The highest BCUT2D eigenvalue weighted by molar-refractivity contribution is 7.86. The van der Waals surface area contributed by atoms with E-state index in [2.05, 4.69) is 18.9 Å². The first-order valence-electron chi connectivity index (χ1n) is 12.1. The molecule has 0 unspecified atom stereocenters. The van der Waals surface area contributed by atoms with Gasteiger partial charge >= 0.3 is 32.6 Å². The van der Waals surface area contributed by atoms with Gasteiger partial charge in [-0.05, 0) is 61.9 Å². The van der Waals surface area contributed by atoms with E-state index in [4.69, 9.17) is 9.47 Å². The van der Waals surface area contributed by atoms with E-state index < -0.39 is 66.6 Å². The van der Waals surface area contributed by atoms with Crippen LogP contribution in [0.15, 0.2) is 58.8 Å². The summed E-state index contributed by atoms with van der Waals surface area (Å²) in [5, 5.41) is 5.56. The van der Waals surface area contributed by atoms with Crippen LogP contribution in [0.1, 0.15) is 37.8 Å². The Labute approximate surface area is 238 Å². The first kappa shape index (κ1) is 34.7. The average molecular weight is 649 g/mol. The number of rotatable bonds is 15. The van der Waals surface area contributed by atoms with Gasteiger partial charge in [0.1, 0.15) is 11.5 Å². The molecule has 18 heteroatoms. The predicted octanol–water partition coefficient (Wildman–Crippen LogP) is 5.19. The molecular weight excluding hydrogens is 622 g/mol. The predicted molar refractivity (Wildman–Crippen MR) is 139 cm³/mol. The van der Waals surface area contributed by atoms with E-state index in [9.17, 15) is 43.2 Å². The molecule has 0 atom stereocenters. The van der Waals surface area contributed by atoms with Gasteiger partial charge in [0, 0.05) is 17.5 Å².